The molecule has 0 saturated heterocycles. The minimum atomic E-state index is 0.284. The molecule has 0 N–H and O–H groups in total. The van der Waals surface area contributed by atoms with Gasteiger partial charge in [0.2, 0.25) is 0 Å². The molecule has 0 spiro atoms. The van der Waals surface area contributed by atoms with E-state index in [9.17, 15) is 0 Å². The number of benzene rings is 5. The van der Waals surface area contributed by atoms with Crippen LogP contribution in [0.4, 0.5) is 0 Å². The molecule has 4 aliphatic carbocycles. The lowest BCUT2D eigenvalue weighted by Gasteiger charge is -2.37. The van der Waals surface area contributed by atoms with Crippen molar-refractivity contribution in [3.05, 3.63) is 220 Å². The molecule has 2 aromatic heterocycles. The summed E-state index contributed by atoms with van der Waals surface area (Å²) in [5.74, 6) is 3.14. The molecule has 326 valence electrons. The summed E-state index contributed by atoms with van der Waals surface area (Å²) in [6, 6.07) is 42.5. The van der Waals surface area contributed by atoms with E-state index in [1.807, 2.05) is 39.5 Å². The van der Waals surface area contributed by atoms with Crippen LogP contribution in [0.1, 0.15) is 117 Å². The summed E-state index contributed by atoms with van der Waals surface area (Å²) >= 11 is 1.93. The number of allylic oxidation sites excluding steroid dienone is 11. The van der Waals surface area contributed by atoms with Crippen molar-refractivity contribution in [3.63, 3.8) is 0 Å². The Labute approximate surface area is 391 Å². The Morgan fingerprint density at radius 2 is 1.54 bits per heavy atom. The first-order valence-corrected chi connectivity index (χ1v) is 24.9. The van der Waals surface area contributed by atoms with Gasteiger partial charge in [0.15, 0.2) is 0 Å². The first-order valence-electron chi connectivity index (χ1n) is 23.9. The zero-order chi connectivity index (χ0) is 45.0. The van der Waals surface area contributed by atoms with E-state index in [2.05, 4.69) is 201 Å². The van der Waals surface area contributed by atoms with Gasteiger partial charge in [0.05, 0.1) is 5.52 Å². The Balaban J connectivity index is 0.000000306. The van der Waals surface area contributed by atoms with Gasteiger partial charge in [-0.3, -0.25) is 0 Å². The minimum Gasteiger partial charge on any atom is -0.461 e. The maximum Gasteiger partial charge on any atom is 0.135 e. The van der Waals surface area contributed by atoms with E-state index in [4.69, 9.17) is 4.42 Å². The summed E-state index contributed by atoms with van der Waals surface area (Å²) in [6.07, 6.45) is 26.5. The van der Waals surface area contributed by atoms with Crippen LogP contribution in [0.5, 0.6) is 0 Å². The van der Waals surface area contributed by atoms with Crippen molar-refractivity contribution < 1.29 is 4.42 Å². The zero-order valence-electron chi connectivity index (χ0n) is 39.1. The van der Waals surface area contributed by atoms with Crippen molar-refractivity contribution in [1.29, 1.82) is 0 Å². The molecule has 0 bridgehead atoms. The summed E-state index contributed by atoms with van der Waals surface area (Å²) in [7, 11) is 0. The number of para-hydroxylation sites is 1. The number of aryl methyl sites for hydroxylation is 1. The van der Waals surface area contributed by atoms with E-state index in [1.54, 1.807) is 5.57 Å². The van der Waals surface area contributed by atoms with Gasteiger partial charge >= 0.3 is 0 Å². The molecule has 3 unspecified atom stereocenters. The Morgan fingerprint density at radius 1 is 0.738 bits per heavy atom. The Hall–Kier alpha value is -6.29. The number of aromatic nitrogens is 1. The summed E-state index contributed by atoms with van der Waals surface area (Å²) < 4.78 is 8.69. The maximum atomic E-state index is 6.22. The largest absolute Gasteiger partial charge is 0.461 e. The third kappa shape index (κ3) is 8.10. The first-order chi connectivity index (χ1) is 32.1. The van der Waals surface area contributed by atoms with E-state index in [0.29, 0.717) is 11.8 Å². The van der Waals surface area contributed by atoms with Gasteiger partial charge in [-0.1, -0.05) is 167 Å². The normalized spacial score (nSPS) is 19.3. The molecule has 3 heterocycles. The highest BCUT2D eigenvalue weighted by atomic mass is 32.2. The fourth-order valence-corrected chi connectivity index (χ4v) is 11.7. The van der Waals surface area contributed by atoms with Gasteiger partial charge in [-0.2, -0.15) is 0 Å². The molecular formula is C62H61NOS. The smallest absolute Gasteiger partial charge is 0.135 e. The average molecular weight is 868 g/mol. The number of hydrogen-bond donors (Lipinski definition) is 0. The van der Waals surface area contributed by atoms with E-state index < -0.39 is 0 Å². The number of nitrogens with zero attached hydrogens (tertiary/aromatic N) is 1. The molecule has 0 saturated carbocycles. The molecule has 5 aromatic carbocycles. The van der Waals surface area contributed by atoms with E-state index in [0.717, 1.165) is 36.4 Å². The third-order valence-electron chi connectivity index (χ3n) is 13.5. The van der Waals surface area contributed by atoms with E-state index in [-0.39, 0.29) is 5.92 Å². The fourth-order valence-electron chi connectivity index (χ4n) is 10.5. The number of hydrogen-bond acceptors (Lipinski definition) is 2. The number of thioether (sulfide) groups is 1. The van der Waals surface area contributed by atoms with Gasteiger partial charge in [-0.05, 0) is 132 Å². The molecule has 2 nitrogen and oxygen atoms in total. The van der Waals surface area contributed by atoms with Gasteiger partial charge in [-0.15, -0.1) is 11.8 Å². The van der Waals surface area contributed by atoms with Crippen molar-refractivity contribution in [2.24, 2.45) is 5.92 Å². The Morgan fingerprint density at radius 3 is 2.38 bits per heavy atom. The predicted octanol–water partition coefficient (Wildman–Crippen LogP) is 17.8. The monoisotopic (exact) mass is 867 g/mol. The lowest BCUT2D eigenvalue weighted by atomic mass is 9.67. The van der Waals surface area contributed by atoms with Crippen molar-refractivity contribution in [3.8, 4) is 5.69 Å². The lowest BCUT2D eigenvalue weighted by molar-refractivity contribution is 0.577. The Bertz CT molecular complexity index is 3110. The molecule has 65 heavy (non-hydrogen) atoms. The second kappa shape index (κ2) is 19.4. The van der Waals surface area contributed by atoms with Crippen molar-refractivity contribution in [1.82, 2.24) is 4.57 Å². The van der Waals surface area contributed by atoms with Gasteiger partial charge in [0, 0.05) is 56.1 Å². The summed E-state index contributed by atoms with van der Waals surface area (Å²) in [5, 5.41) is 2.51. The predicted molar refractivity (Wildman–Crippen MR) is 283 cm³/mol. The second-order valence-electron chi connectivity index (χ2n) is 16.9. The molecule has 1 aliphatic heterocycles. The molecule has 7 aromatic rings. The van der Waals surface area contributed by atoms with Gasteiger partial charge in [0.25, 0.3) is 0 Å². The molecule has 0 amide bonds. The quantitative estimate of drug-likeness (QED) is 0.175. The highest BCUT2D eigenvalue weighted by Crippen LogP contribution is 2.50. The van der Waals surface area contributed by atoms with Crippen LogP contribution >= 0.6 is 11.8 Å². The Kier molecular flexibility index (Phi) is 13.1. The summed E-state index contributed by atoms with van der Waals surface area (Å²) in [6.45, 7) is 14.2. The van der Waals surface area contributed by atoms with Crippen LogP contribution in [0.25, 0.3) is 56.4 Å². The molecule has 12 rings (SSSR count). The van der Waals surface area contributed by atoms with Crippen molar-refractivity contribution in [2.75, 3.05) is 5.75 Å². The van der Waals surface area contributed by atoms with Crippen LogP contribution < -0.4 is 0 Å². The van der Waals surface area contributed by atoms with Crippen LogP contribution in [0.15, 0.2) is 179 Å². The average Bonchev–Trinajstić information content (AvgIpc) is 4.06. The van der Waals surface area contributed by atoms with Crippen LogP contribution in [-0.2, 0) is 6.42 Å². The van der Waals surface area contributed by atoms with Crippen molar-refractivity contribution >= 4 is 62.5 Å². The van der Waals surface area contributed by atoms with Crippen LogP contribution in [0, 0.1) is 12.8 Å². The van der Waals surface area contributed by atoms with Crippen LogP contribution in [0.2, 0.25) is 0 Å². The second-order valence-corrected chi connectivity index (χ2v) is 17.9. The topological polar surface area (TPSA) is 18.1 Å². The summed E-state index contributed by atoms with van der Waals surface area (Å²) in [5.41, 5.74) is 20.0. The molecule has 5 aliphatic rings. The molecule has 3 atom stereocenters. The zero-order valence-corrected chi connectivity index (χ0v) is 39.9. The molecule has 0 radical (unpaired) electrons. The summed E-state index contributed by atoms with van der Waals surface area (Å²) in [4.78, 5) is 1.43. The third-order valence-corrected chi connectivity index (χ3v) is 14.6. The highest BCUT2D eigenvalue weighted by Gasteiger charge is 2.34. The lowest BCUT2D eigenvalue weighted by Crippen LogP contribution is -2.22. The fraction of sp³-hybridized carbons (Fsp3) is 0.226. The highest BCUT2D eigenvalue weighted by molar-refractivity contribution is 8.00. The van der Waals surface area contributed by atoms with Crippen LogP contribution in [-0.4, -0.2) is 10.3 Å². The van der Waals surface area contributed by atoms with Gasteiger partial charge in [0.1, 0.15) is 11.3 Å². The minimum absolute atomic E-state index is 0.284. The maximum absolute atomic E-state index is 6.22. The van der Waals surface area contributed by atoms with Gasteiger partial charge < -0.3 is 8.98 Å². The molecule has 0 fully saturated rings. The van der Waals surface area contributed by atoms with E-state index >= 15 is 0 Å². The van der Waals surface area contributed by atoms with Crippen molar-refractivity contribution in [2.45, 2.75) is 84.5 Å². The van der Waals surface area contributed by atoms with Crippen LogP contribution in [0.3, 0.4) is 0 Å². The van der Waals surface area contributed by atoms with Gasteiger partial charge in [-0.25, -0.2) is 0 Å². The number of rotatable bonds is 4. The number of furan rings is 1. The van der Waals surface area contributed by atoms with E-state index in [1.165, 1.54) is 88.2 Å². The standard InChI is InChI=1S/C48H39NO.C10H10S.2C2H6/c1-3-11-36-30(2)50-48-29-34(21-24-43(36)48)33-22-25-47-45(28-33)42-18-8-9-19-46(42)49(47)35-13-10-12-31(26-35)32-20-23-41-39-16-5-4-14-37(39)38-15-6-7-17-40(38)44(41)27-32;1-2-8-7-11-10-6-4-3-5-9(8)10;2*1-2/h3,5-13,15-27,29,33,41,44H,4,14,28H2,1-2H3;2-6H,7H2,1H3;2*1-2H3/b11-3-;8-2+;;. The number of fused-ring (bicyclic) bond motifs is 10. The molecular weight excluding hydrogens is 807 g/mol. The molecule has 3 heteroatoms. The first kappa shape index (κ1) is 43.9. The SMILES string of the molecule is C/C=C1\CSc2ccccc21.C/C=C\c1c(C)oc2cc(C3C=Cc4c(c5ccccc5n4-c4cccc(C5=CC6c7ccccc7C7=C(C=CCC7)C6C=C5)c4)C3)ccc12.CC.CC.